The van der Waals surface area contributed by atoms with Gasteiger partial charge >= 0.3 is 6.03 Å². The molecule has 2 aromatic carbocycles. The maximum atomic E-state index is 13.7. The van der Waals surface area contributed by atoms with Crippen molar-refractivity contribution in [3.63, 3.8) is 0 Å². The zero-order valence-electron chi connectivity index (χ0n) is 18.3. The Labute approximate surface area is 195 Å². The molecule has 5 nitrogen and oxygen atoms in total. The Bertz CT molecular complexity index is 1160. The molecule has 1 aliphatic heterocycles. The van der Waals surface area contributed by atoms with Crippen molar-refractivity contribution >= 4 is 34.6 Å². The van der Waals surface area contributed by atoms with Gasteiger partial charge in [0, 0.05) is 23.5 Å². The van der Waals surface area contributed by atoms with Gasteiger partial charge in [-0.15, -0.1) is 11.3 Å². The minimum absolute atomic E-state index is 0.0352. The van der Waals surface area contributed by atoms with Gasteiger partial charge in [0.05, 0.1) is 5.69 Å². The number of thiophene rings is 1. The fourth-order valence-corrected chi connectivity index (χ4v) is 4.88. The number of nitrogens with zero attached hydrogens (tertiary/aromatic N) is 1. The molecule has 8 heteroatoms. The quantitative estimate of drug-likeness (QED) is 0.490. The van der Waals surface area contributed by atoms with Crippen molar-refractivity contribution in [2.24, 2.45) is 0 Å². The molecule has 1 aliphatic rings. The first-order valence-corrected chi connectivity index (χ1v) is 11.8. The number of nitrogens with one attached hydrogen (secondary N) is 2. The Morgan fingerprint density at radius 2 is 1.85 bits per heavy atom. The Morgan fingerprint density at radius 1 is 1.06 bits per heavy atom. The second-order valence-corrected chi connectivity index (χ2v) is 9.04. The summed E-state index contributed by atoms with van der Waals surface area (Å²) in [5.74, 6) is -1.73. The highest BCUT2D eigenvalue weighted by atomic mass is 32.1. The number of fused-ring (bicyclic) bond motifs is 1. The van der Waals surface area contributed by atoms with Crippen LogP contribution >= 0.6 is 11.3 Å². The summed E-state index contributed by atoms with van der Waals surface area (Å²) in [5, 5.41) is 6.84. The highest BCUT2D eigenvalue weighted by Gasteiger charge is 2.23. The van der Waals surface area contributed by atoms with E-state index in [0.717, 1.165) is 54.6 Å². The van der Waals surface area contributed by atoms with Crippen molar-refractivity contribution in [1.29, 1.82) is 0 Å². The second kappa shape index (κ2) is 10.1. The van der Waals surface area contributed by atoms with E-state index in [2.05, 4.69) is 10.6 Å². The molecule has 172 valence electrons. The normalized spacial score (nSPS) is 13.6. The molecule has 0 saturated carbocycles. The maximum absolute atomic E-state index is 13.7. The minimum atomic E-state index is -0.845. The first-order chi connectivity index (χ1) is 15.9. The van der Waals surface area contributed by atoms with E-state index in [1.54, 1.807) is 23.5 Å². The van der Waals surface area contributed by atoms with Gasteiger partial charge in [-0.25, -0.2) is 13.6 Å². The summed E-state index contributed by atoms with van der Waals surface area (Å²) in [6.07, 6.45) is 4.22. The molecule has 0 bridgehead atoms. The number of anilines is 2. The predicted octanol–water partition coefficient (Wildman–Crippen LogP) is 6.03. The van der Waals surface area contributed by atoms with Gasteiger partial charge in [-0.2, -0.15) is 0 Å². The summed E-state index contributed by atoms with van der Waals surface area (Å²) in [4.78, 5) is 28.5. The van der Waals surface area contributed by atoms with Crippen molar-refractivity contribution in [3.8, 4) is 0 Å². The molecule has 4 rings (SSSR count). The average molecular weight is 470 g/mol. The molecule has 0 radical (unpaired) electrons. The van der Waals surface area contributed by atoms with Gasteiger partial charge in [0.25, 0.3) is 5.91 Å². The van der Waals surface area contributed by atoms with Crippen LogP contribution in [0.1, 0.15) is 45.6 Å². The molecule has 0 spiro atoms. The molecule has 3 aromatic rings. The molecule has 0 atom stereocenters. The van der Waals surface area contributed by atoms with E-state index in [1.807, 2.05) is 29.3 Å². The summed E-state index contributed by atoms with van der Waals surface area (Å²) in [7, 11) is 0. The fraction of sp³-hybridized carbons (Fsp3) is 0.280. The number of para-hydroxylation sites is 1. The van der Waals surface area contributed by atoms with Crippen LogP contribution in [0.3, 0.4) is 0 Å². The van der Waals surface area contributed by atoms with E-state index in [-0.39, 0.29) is 12.5 Å². The lowest BCUT2D eigenvalue weighted by Gasteiger charge is -2.25. The van der Waals surface area contributed by atoms with Crippen LogP contribution in [0.15, 0.2) is 47.8 Å². The van der Waals surface area contributed by atoms with Crippen LogP contribution in [-0.2, 0) is 13.0 Å². The molecule has 0 aliphatic carbocycles. The topological polar surface area (TPSA) is 61.4 Å². The average Bonchev–Trinajstić information content (AvgIpc) is 3.22. The molecule has 1 aromatic heterocycles. The van der Waals surface area contributed by atoms with E-state index >= 15 is 0 Å². The van der Waals surface area contributed by atoms with Gasteiger partial charge in [-0.05, 0) is 73.0 Å². The predicted molar refractivity (Wildman–Crippen MR) is 127 cm³/mol. The van der Waals surface area contributed by atoms with E-state index < -0.39 is 23.4 Å². The van der Waals surface area contributed by atoms with Crippen molar-refractivity contribution in [1.82, 2.24) is 5.32 Å². The molecular weight excluding hydrogens is 444 g/mol. The number of hydrogen-bond acceptors (Lipinski definition) is 3. The summed E-state index contributed by atoms with van der Waals surface area (Å²) in [6.45, 7) is 2.71. The van der Waals surface area contributed by atoms with Gasteiger partial charge in [-0.1, -0.05) is 18.6 Å². The maximum Gasteiger partial charge on any atom is 0.319 e. The third-order valence-corrected chi connectivity index (χ3v) is 6.74. The molecule has 0 saturated heterocycles. The van der Waals surface area contributed by atoms with Gasteiger partial charge in [0.1, 0.15) is 17.3 Å². The first-order valence-electron chi connectivity index (χ1n) is 10.9. The Balaban J connectivity index is 1.43. The number of halogens is 2. The largest absolute Gasteiger partial charge is 0.334 e. The highest BCUT2D eigenvalue weighted by molar-refractivity contribution is 7.10. The van der Waals surface area contributed by atoms with E-state index in [4.69, 9.17) is 0 Å². The van der Waals surface area contributed by atoms with Gasteiger partial charge < -0.3 is 15.5 Å². The molecular formula is C25H25F2N3O2S. The molecule has 3 amide bonds. The van der Waals surface area contributed by atoms with Crippen LogP contribution in [0.25, 0.3) is 0 Å². The summed E-state index contributed by atoms with van der Waals surface area (Å²) in [6, 6.07) is 10.0. The number of benzene rings is 2. The van der Waals surface area contributed by atoms with Gasteiger partial charge in [0.15, 0.2) is 0 Å². The standard InChI is InChI=1S/C25H25F2N3O2S/c1-16-14-17(24(31)30-12-4-2-3-8-22-21(30)11-13-33-22)9-10-18(16)15-28-25(32)29-23-19(26)6-5-7-20(23)27/h5-7,9-11,13-14H,2-4,8,12,15H2,1H3,(H2,28,29,32). The van der Waals surface area contributed by atoms with E-state index in [0.29, 0.717) is 12.1 Å². The molecule has 33 heavy (non-hydrogen) atoms. The van der Waals surface area contributed by atoms with Crippen molar-refractivity contribution in [3.05, 3.63) is 81.0 Å². The molecule has 2 heterocycles. The number of rotatable bonds is 4. The first kappa shape index (κ1) is 22.9. The smallest absolute Gasteiger partial charge is 0.319 e. The minimum Gasteiger partial charge on any atom is -0.334 e. The van der Waals surface area contributed by atoms with E-state index in [9.17, 15) is 18.4 Å². The SMILES string of the molecule is Cc1cc(C(=O)N2CCCCCc3sccc32)ccc1CNC(=O)Nc1c(F)cccc1F. The van der Waals surface area contributed by atoms with Crippen LogP contribution in [0.5, 0.6) is 0 Å². The zero-order valence-corrected chi connectivity index (χ0v) is 19.1. The van der Waals surface area contributed by atoms with Crippen LogP contribution in [0.4, 0.5) is 25.0 Å². The number of hydrogen-bond donors (Lipinski definition) is 2. The lowest BCUT2D eigenvalue weighted by molar-refractivity contribution is 0.0986. The fourth-order valence-electron chi connectivity index (χ4n) is 3.96. The number of aryl methyl sites for hydroxylation is 2. The van der Waals surface area contributed by atoms with Crippen molar-refractivity contribution in [2.75, 3.05) is 16.8 Å². The Kier molecular flexibility index (Phi) is 7.03. The number of urea groups is 1. The third-order valence-electron chi connectivity index (χ3n) is 5.77. The molecule has 0 unspecified atom stereocenters. The van der Waals surface area contributed by atoms with Crippen LogP contribution in [0.2, 0.25) is 0 Å². The summed E-state index contributed by atoms with van der Waals surface area (Å²) < 4.78 is 27.4. The lowest BCUT2D eigenvalue weighted by Crippen LogP contribution is -2.33. The van der Waals surface area contributed by atoms with Crippen LogP contribution in [-0.4, -0.2) is 18.5 Å². The van der Waals surface area contributed by atoms with Crippen molar-refractivity contribution < 1.29 is 18.4 Å². The number of amides is 3. The second-order valence-electron chi connectivity index (χ2n) is 8.04. The highest BCUT2D eigenvalue weighted by Crippen LogP contribution is 2.31. The summed E-state index contributed by atoms with van der Waals surface area (Å²) in [5.41, 5.74) is 2.75. The van der Waals surface area contributed by atoms with Gasteiger partial charge in [-0.3, -0.25) is 4.79 Å². The lowest BCUT2D eigenvalue weighted by atomic mass is 10.0. The Morgan fingerprint density at radius 3 is 2.61 bits per heavy atom. The van der Waals surface area contributed by atoms with Gasteiger partial charge in [0.2, 0.25) is 0 Å². The summed E-state index contributed by atoms with van der Waals surface area (Å²) >= 11 is 1.69. The molecule has 2 N–H and O–H groups in total. The number of carbonyl (C=O) groups is 2. The van der Waals surface area contributed by atoms with Crippen LogP contribution < -0.4 is 15.5 Å². The van der Waals surface area contributed by atoms with E-state index in [1.165, 1.54) is 10.9 Å². The third kappa shape index (κ3) is 5.22. The van der Waals surface area contributed by atoms with Crippen molar-refractivity contribution in [2.45, 2.75) is 39.2 Å². The monoisotopic (exact) mass is 469 g/mol. The zero-order chi connectivity index (χ0) is 23.4. The Hall–Kier alpha value is -3.26. The molecule has 0 fully saturated rings. The van der Waals surface area contributed by atoms with Crippen LogP contribution in [0, 0.1) is 18.6 Å². The number of carbonyl (C=O) groups excluding carboxylic acids is 2.